The molecule has 0 radical (unpaired) electrons. The first-order valence-electron chi connectivity index (χ1n) is 10.5. The van der Waals surface area contributed by atoms with Gasteiger partial charge in [-0.25, -0.2) is 9.80 Å². The summed E-state index contributed by atoms with van der Waals surface area (Å²) in [6.07, 6.45) is 2.85. The first-order chi connectivity index (χ1) is 16.9. The van der Waals surface area contributed by atoms with Crippen molar-refractivity contribution in [2.75, 3.05) is 6.54 Å². The lowest BCUT2D eigenvalue weighted by atomic mass is 10.0. The standard InChI is InChI=1S/C24H21ClN6O4/c25-18-3-1-2-17(10-18)16-6-4-15(5-7-16)13-31(14-22(32)24(34)35)30-23(33)20-11-19(28-29-20)21-12-26-8-9-27-21/h1-12,22,32H,13-14H2,(H,28,29)(H,30,33)(H,34,35)/t22-/m1/s1. The number of aliphatic hydroxyl groups excluding tert-OH is 1. The van der Waals surface area contributed by atoms with Crippen molar-refractivity contribution >= 4 is 23.5 Å². The molecule has 0 saturated heterocycles. The molecule has 2 aromatic heterocycles. The number of amides is 1. The number of carbonyl (C=O) groups excluding carboxylic acids is 1. The van der Waals surface area contributed by atoms with Crippen LogP contribution in [0.25, 0.3) is 22.5 Å². The van der Waals surface area contributed by atoms with Crippen molar-refractivity contribution in [3.63, 3.8) is 0 Å². The first kappa shape index (κ1) is 24.0. The summed E-state index contributed by atoms with van der Waals surface area (Å²) in [4.78, 5) is 32.1. The fourth-order valence-corrected chi connectivity index (χ4v) is 3.52. The van der Waals surface area contributed by atoms with Crippen molar-refractivity contribution in [1.29, 1.82) is 0 Å². The molecule has 4 rings (SSSR count). The zero-order valence-electron chi connectivity index (χ0n) is 18.3. The Hall–Kier alpha value is -4.12. The summed E-state index contributed by atoms with van der Waals surface area (Å²) in [6.45, 7) is -0.181. The monoisotopic (exact) mass is 492 g/mol. The highest BCUT2D eigenvalue weighted by atomic mass is 35.5. The Morgan fingerprint density at radius 1 is 1.06 bits per heavy atom. The van der Waals surface area contributed by atoms with Gasteiger partial charge in [0.05, 0.1) is 12.7 Å². The number of rotatable bonds is 9. The Morgan fingerprint density at radius 2 is 1.86 bits per heavy atom. The summed E-state index contributed by atoms with van der Waals surface area (Å²) < 4.78 is 0. The van der Waals surface area contributed by atoms with Gasteiger partial charge in [0.1, 0.15) is 17.1 Å². The van der Waals surface area contributed by atoms with E-state index in [0.29, 0.717) is 16.4 Å². The lowest BCUT2D eigenvalue weighted by molar-refractivity contribution is -0.148. The van der Waals surface area contributed by atoms with Crippen LogP contribution in [0.2, 0.25) is 5.02 Å². The number of nitrogens with one attached hydrogen (secondary N) is 2. The van der Waals surface area contributed by atoms with Gasteiger partial charge in [-0.1, -0.05) is 48.0 Å². The number of hydrazine groups is 1. The largest absolute Gasteiger partial charge is 0.479 e. The van der Waals surface area contributed by atoms with Crippen molar-refractivity contribution in [3.05, 3.63) is 89.5 Å². The number of nitrogens with zero attached hydrogens (tertiary/aromatic N) is 4. The van der Waals surface area contributed by atoms with E-state index in [1.807, 2.05) is 42.5 Å². The molecule has 35 heavy (non-hydrogen) atoms. The van der Waals surface area contributed by atoms with E-state index in [1.54, 1.807) is 6.07 Å². The summed E-state index contributed by atoms with van der Waals surface area (Å²) >= 11 is 6.07. The van der Waals surface area contributed by atoms with Crippen molar-refractivity contribution in [2.24, 2.45) is 0 Å². The quantitative estimate of drug-likeness (QED) is 0.261. The minimum atomic E-state index is -1.70. The molecular weight excluding hydrogens is 472 g/mol. The Bertz CT molecular complexity index is 1310. The number of aliphatic hydroxyl groups is 1. The van der Waals surface area contributed by atoms with E-state index in [-0.39, 0.29) is 18.8 Å². The third-order valence-corrected chi connectivity index (χ3v) is 5.31. The van der Waals surface area contributed by atoms with Crippen LogP contribution in [0.1, 0.15) is 16.1 Å². The predicted octanol–water partition coefficient (Wildman–Crippen LogP) is 2.78. The summed E-state index contributed by atoms with van der Waals surface area (Å²) in [7, 11) is 0. The highest BCUT2D eigenvalue weighted by Crippen LogP contribution is 2.23. The normalized spacial score (nSPS) is 11.9. The van der Waals surface area contributed by atoms with Gasteiger partial charge >= 0.3 is 5.97 Å². The van der Waals surface area contributed by atoms with E-state index >= 15 is 0 Å². The third kappa shape index (κ3) is 6.27. The van der Waals surface area contributed by atoms with Gasteiger partial charge in [-0.05, 0) is 34.9 Å². The lowest BCUT2D eigenvalue weighted by Gasteiger charge is -2.24. The van der Waals surface area contributed by atoms with Crippen LogP contribution in [0.5, 0.6) is 0 Å². The molecule has 4 aromatic rings. The summed E-state index contributed by atoms with van der Waals surface area (Å²) in [6, 6.07) is 16.5. The van der Waals surface area contributed by atoms with Gasteiger partial charge in [-0.3, -0.25) is 25.3 Å². The molecule has 0 bridgehead atoms. The number of halogens is 1. The van der Waals surface area contributed by atoms with Gasteiger partial charge < -0.3 is 10.2 Å². The molecule has 0 aliphatic heterocycles. The molecule has 2 aromatic carbocycles. The Labute approximate surface area is 205 Å². The number of hydrogen-bond donors (Lipinski definition) is 4. The van der Waals surface area contributed by atoms with Crippen LogP contribution in [0.4, 0.5) is 0 Å². The number of carboxylic acids is 1. The topological polar surface area (TPSA) is 144 Å². The second-order valence-electron chi connectivity index (χ2n) is 7.64. The molecule has 0 aliphatic carbocycles. The molecule has 2 heterocycles. The second-order valence-corrected chi connectivity index (χ2v) is 8.08. The number of aliphatic carboxylic acids is 1. The smallest absolute Gasteiger partial charge is 0.333 e. The minimum absolute atomic E-state index is 0.136. The number of H-pyrrole nitrogens is 1. The number of carboxylic acid groups (broad SMARTS) is 1. The predicted molar refractivity (Wildman–Crippen MR) is 128 cm³/mol. The molecule has 11 heteroatoms. The summed E-state index contributed by atoms with van der Waals surface area (Å²) in [5, 5.41) is 27.7. The highest BCUT2D eigenvalue weighted by molar-refractivity contribution is 6.30. The van der Waals surface area contributed by atoms with Gasteiger partial charge in [0, 0.05) is 24.0 Å². The average Bonchev–Trinajstić information content (AvgIpc) is 3.35. The van der Waals surface area contributed by atoms with Crippen LogP contribution in [-0.2, 0) is 11.3 Å². The molecule has 1 atom stereocenters. The van der Waals surface area contributed by atoms with E-state index in [0.717, 1.165) is 16.7 Å². The van der Waals surface area contributed by atoms with Crippen LogP contribution in [0, 0.1) is 0 Å². The van der Waals surface area contributed by atoms with Gasteiger partial charge in [0.25, 0.3) is 5.91 Å². The van der Waals surface area contributed by atoms with Crippen molar-refractivity contribution in [2.45, 2.75) is 12.6 Å². The molecule has 0 saturated carbocycles. The van der Waals surface area contributed by atoms with E-state index in [9.17, 15) is 14.7 Å². The van der Waals surface area contributed by atoms with Crippen LogP contribution in [0.15, 0.2) is 73.2 Å². The average molecular weight is 493 g/mol. The maximum absolute atomic E-state index is 12.8. The molecule has 1 amide bonds. The molecule has 0 aliphatic rings. The first-order valence-corrected chi connectivity index (χ1v) is 10.9. The number of aromatic nitrogens is 4. The van der Waals surface area contributed by atoms with Crippen molar-refractivity contribution < 1.29 is 19.8 Å². The molecule has 4 N–H and O–H groups in total. The third-order valence-electron chi connectivity index (χ3n) is 5.07. The molecule has 178 valence electrons. The van der Waals surface area contributed by atoms with Crippen LogP contribution in [0.3, 0.4) is 0 Å². The fourth-order valence-electron chi connectivity index (χ4n) is 3.33. The molecule has 10 nitrogen and oxygen atoms in total. The molecular formula is C24H21ClN6O4. The van der Waals surface area contributed by atoms with Gasteiger partial charge in [-0.2, -0.15) is 5.10 Å². The zero-order valence-corrected chi connectivity index (χ0v) is 19.1. The van der Waals surface area contributed by atoms with Gasteiger partial charge in [0.15, 0.2) is 6.10 Å². The number of hydrogen-bond acceptors (Lipinski definition) is 7. The number of benzene rings is 2. The van der Waals surface area contributed by atoms with Crippen LogP contribution < -0.4 is 5.43 Å². The van der Waals surface area contributed by atoms with Crippen molar-refractivity contribution in [1.82, 2.24) is 30.6 Å². The van der Waals surface area contributed by atoms with Crippen LogP contribution >= 0.6 is 11.6 Å². The lowest BCUT2D eigenvalue weighted by Crippen LogP contribution is -2.47. The zero-order chi connectivity index (χ0) is 24.8. The molecule has 0 spiro atoms. The molecule has 0 unspecified atom stereocenters. The fraction of sp³-hybridized carbons (Fsp3) is 0.125. The van der Waals surface area contributed by atoms with E-state index < -0.39 is 18.0 Å². The number of carbonyl (C=O) groups is 2. The maximum Gasteiger partial charge on any atom is 0.333 e. The SMILES string of the molecule is O=C(NN(Cc1ccc(-c2cccc(Cl)c2)cc1)C[C@@H](O)C(=O)O)c1cc(-c2cnccn2)n[nH]1. The Morgan fingerprint density at radius 3 is 2.54 bits per heavy atom. The van der Waals surface area contributed by atoms with Crippen molar-refractivity contribution in [3.8, 4) is 22.5 Å². The van der Waals surface area contributed by atoms with Gasteiger partial charge in [-0.15, -0.1) is 0 Å². The van der Waals surface area contributed by atoms with E-state index in [2.05, 4.69) is 25.6 Å². The van der Waals surface area contributed by atoms with E-state index in [4.69, 9.17) is 16.7 Å². The Balaban J connectivity index is 1.48. The summed E-state index contributed by atoms with van der Waals surface area (Å²) in [5.41, 5.74) is 6.38. The Kier molecular flexibility index (Phi) is 7.46. The number of aromatic amines is 1. The van der Waals surface area contributed by atoms with E-state index in [1.165, 1.54) is 29.7 Å². The second kappa shape index (κ2) is 10.9. The molecule has 0 fully saturated rings. The highest BCUT2D eigenvalue weighted by Gasteiger charge is 2.21. The van der Waals surface area contributed by atoms with Crippen LogP contribution in [-0.4, -0.2) is 59.9 Å². The minimum Gasteiger partial charge on any atom is -0.479 e. The summed E-state index contributed by atoms with van der Waals surface area (Å²) in [5.74, 6) is -1.95. The van der Waals surface area contributed by atoms with Gasteiger partial charge in [0.2, 0.25) is 0 Å². The maximum atomic E-state index is 12.8.